The molecule has 2 aliphatic rings. The zero-order valence-corrected chi connectivity index (χ0v) is 19.6. The van der Waals surface area contributed by atoms with Crippen LogP contribution >= 0.6 is 0 Å². The van der Waals surface area contributed by atoms with Gasteiger partial charge in [0.2, 0.25) is 0 Å². The molecule has 1 unspecified atom stereocenters. The lowest BCUT2D eigenvalue weighted by molar-refractivity contribution is -0.136. The summed E-state index contributed by atoms with van der Waals surface area (Å²) in [5.41, 5.74) is 3.39. The lowest BCUT2D eigenvalue weighted by atomic mass is 9.95. The van der Waals surface area contributed by atoms with Crippen molar-refractivity contribution in [1.29, 1.82) is 0 Å². The summed E-state index contributed by atoms with van der Waals surface area (Å²) >= 11 is 0. The van der Waals surface area contributed by atoms with Crippen molar-refractivity contribution in [3.8, 4) is 0 Å². The normalized spacial score (nSPS) is 17.7. The Morgan fingerprint density at radius 3 is 2.47 bits per heavy atom. The van der Waals surface area contributed by atoms with Crippen LogP contribution in [0.4, 0.5) is 20.2 Å². The Morgan fingerprint density at radius 1 is 0.971 bits per heavy atom. The minimum absolute atomic E-state index is 0.0921. The number of anilines is 2. The van der Waals surface area contributed by atoms with E-state index < -0.39 is 23.4 Å². The summed E-state index contributed by atoms with van der Waals surface area (Å²) in [5, 5.41) is 4.93. The first kappa shape index (κ1) is 24.1. The molecule has 2 aromatic rings. The van der Waals surface area contributed by atoms with E-state index in [0.717, 1.165) is 63.3 Å². The van der Waals surface area contributed by atoms with Gasteiger partial charge in [-0.1, -0.05) is 12.1 Å². The minimum Gasteiger partial charge on any atom is -0.374 e. The first-order valence-corrected chi connectivity index (χ1v) is 11.6. The number of hydrogen-bond donors (Lipinski definition) is 2. The average Bonchev–Trinajstić information content (AvgIpc) is 2.82. The highest BCUT2D eigenvalue weighted by molar-refractivity contribution is 6.39. The second-order valence-corrected chi connectivity index (χ2v) is 9.06. The van der Waals surface area contributed by atoms with Gasteiger partial charge in [0.05, 0.1) is 11.7 Å². The molecule has 2 aliphatic heterocycles. The molecule has 0 spiro atoms. The highest BCUT2D eigenvalue weighted by Crippen LogP contribution is 2.31. The van der Waals surface area contributed by atoms with Crippen LogP contribution in [0.25, 0.3) is 0 Å². The Kier molecular flexibility index (Phi) is 7.43. The molecule has 182 valence electrons. The first-order valence-electron chi connectivity index (χ1n) is 11.6. The lowest BCUT2D eigenvalue weighted by Gasteiger charge is -2.39. The number of halogens is 2. The Morgan fingerprint density at radius 2 is 1.74 bits per heavy atom. The average molecular weight is 472 g/mol. The number of fused-ring (bicyclic) bond motifs is 1. The zero-order valence-electron chi connectivity index (χ0n) is 19.6. The summed E-state index contributed by atoms with van der Waals surface area (Å²) < 4.78 is 26.9. The van der Waals surface area contributed by atoms with E-state index >= 15 is 0 Å². The van der Waals surface area contributed by atoms with Gasteiger partial charge < -0.3 is 20.4 Å². The van der Waals surface area contributed by atoms with Crippen molar-refractivity contribution in [2.75, 3.05) is 63.6 Å². The Bertz CT molecular complexity index is 1060. The molecule has 9 heteroatoms. The molecule has 7 nitrogen and oxygen atoms in total. The van der Waals surface area contributed by atoms with Gasteiger partial charge >= 0.3 is 11.8 Å². The van der Waals surface area contributed by atoms with Gasteiger partial charge in [-0.2, -0.15) is 0 Å². The van der Waals surface area contributed by atoms with Crippen LogP contribution in [0.2, 0.25) is 0 Å². The van der Waals surface area contributed by atoms with E-state index in [1.165, 1.54) is 11.3 Å². The van der Waals surface area contributed by atoms with Gasteiger partial charge in [0.25, 0.3) is 0 Å². The molecule has 2 N–H and O–H groups in total. The fraction of sp³-hybridized carbons (Fsp3) is 0.440. The largest absolute Gasteiger partial charge is 0.374 e. The van der Waals surface area contributed by atoms with Crippen molar-refractivity contribution >= 4 is 23.2 Å². The number of aryl methyl sites for hydroxylation is 1. The quantitative estimate of drug-likeness (QED) is 0.656. The molecule has 0 radical (unpaired) electrons. The molecule has 0 bridgehead atoms. The summed E-state index contributed by atoms with van der Waals surface area (Å²) in [6, 6.07) is 9.13. The molecule has 0 aromatic heterocycles. The van der Waals surface area contributed by atoms with Crippen molar-refractivity contribution in [1.82, 2.24) is 15.1 Å². The maximum atomic E-state index is 13.8. The highest BCUT2D eigenvalue weighted by atomic mass is 19.1. The minimum atomic E-state index is -0.991. The monoisotopic (exact) mass is 471 g/mol. The molecule has 1 saturated heterocycles. The van der Waals surface area contributed by atoms with Crippen LogP contribution in [-0.2, 0) is 16.0 Å². The third-order valence-electron chi connectivity index (χ3n) is 6.66. The van der Waals surface area contributed by atoms with Crippen molar-refractivity contribution in [3.63, 3.8) is 0 Å². The SMILES string of the molecule is CN1CCN(C(CNC(=O)C(=O)Nc2ccc(F)cc2F)c2ccc3c(c2)CCCN3C)CC1. The summed E-state index contributed by atoms with van der Waals surface area (Å²) in [5.74, 6) is -3.54. The van der Waals surface area contributed by atoms with Gasteiger partial charge in [0.15, 0.2) is 0 Å². The van der Waals surface area contributed by atoms with Crippen LogP contribution in [0.5, 0.6) is 0 Å². The zero-order chi connectivity index (χ0) is 24.2. The van der Waals surface area contributed by atoms with Crippen molar-refractivity contribution in [3.05, 3.63) is 59.2 Å². The second kappa shape index (κ2) is 10.5. The van der Waals surface area contributed by atoms with Crippen molar-refractivity contribution < 1.29 is 18.4 Å². The number of amides is 2. The van der Waals surface area contributed by atoms with Crippen LogP contribution < -0.4 is 15.5 Å². The van der Waals surface area contributed by atoms with E-state index in [2.05, 4.69) is 57.6 Å². The molecule has 2 heterocycles. The van der Waals surface area contributed by atoms with E-state index in [0.29, 0.717) is 6.07 Å². The van der Waals surface area contributed by atoms with Crippen LogP contribution in [0.3, 0.4) is 0 Å². The summed E-state index contributed by atoms with van der Waals surface area (Å²) in [4.78, 5) is 31.7. The molecular formula is C25H31F2N5O2. The van der Waals surface area contributed by atoms with E-state index in [1.807, 2.05) is 0 Å². The molecule has 2 amide bonds. The number of nitrogens with one attached hydrogen (secondary N) is 2. The number of carbonyl (C=O) groups is 2. The smallest absolute Gasteiger partial charge is 0.313 e. The van der Waals surface area contributed by atoms with E-state index in [9.17, 15) is 18.4 Å². The van der Waals surface area contributed by atoms with Gasteiger partial charge in [-0.05, 0) is 49.2 Å². The molecule has 1 fully saturated rings. The molecule has 4 rings (SSSR count). The summed E-state index contributed by atoms with van der Waals surface area (Å²) in [6.07, 6.45) is 2.12. The molecule has 2 aromatic carbocycles. The highest BCUT2D eigenvalue weighted by Gasteiger charge is 2.27. The number of rotatable bonds is 5. The first-order chi connectivity index (χ1) is 16.3. The van der Waals surface area contributed by atoms with Gasteiger partial charge in [0.1, 0.15) is 11.6 Å². The molecule has 1 atom stereocenters. The fourth-order valence-electron chi connectivity index (χ4n) is 4.64. The molecular weight excluding hydrogens is 440 g/mol. The Labute approximate surface area is 198 Å². The van der Waals surface area contributed by atoms with Crippen LogP contribution in [-0.4, -0.2) is 75.0 Å². The van der Waals surface area contributed by atoms with Gasteiger partial charge in [-0.25, -0.2) is 8.78 Å². The standard InChI is InChI=1S/C25H31F2N5O2/c1-30-10-12-32(13-11-30)23(18-5-8-22-17(14-18)4-3-9-31(22)2)16-28-24(33)25(34)29-21-7-6-19(26)15-20(21)27/h5-8,14-15,23H,3-4,9-13,16H2,1-2H3,(H,28,33)(H,29,34). The number of piperazine rings is 1. The summed E-state index contributed by atoms with van der Waals surface area (Å²) in [6.45, 7) is 4.82. The maximum Gasteiger partial charge on any atom is 0.313 e. The predicted molar refractivity (Wildman–Crippen MR) is 128 cm³/mol. The van der Waals surface area contributed by atoms with Gasteiger partial charge in [-0.15, -0.1) is 0 Å². The van der Waals surface area contributed by atoms with E-state index in [4.69, 9.17) is 0 Å². The van der Waals surface area contributed by atoms with Crippen LogP contribution in [0, 0.1) is 11.6 Å². The second-order valence-electron chi connectivity index (χ2n) is 9.06. The number of benzene rings is 2. The predicted octanol–water partition coefficient (Wildman–Crippen LogP) is 2.39. The van der Waals surface area contributed by atoms with E-state index in [-0.39, 0.29) is 18.3 Å². The number of nitrogens with zero attached hydrogens (tertiary/aromatic N) is 3. The van der Waals surface area contributed by atoms with Gasteiger partial charge in [0, 0.05) is 58.1 Å². The van der Waals surface area contributed by atoms with Crippen LogP contribution in [0.1, 0.15) is 23.6 Å². The van der Waals surface area contributed by atoms with Crippen molar-refractivity contribution in [2.45, 2.75) is 18.9 Å². The topological polar surface area (TPSA) is 67.9 Å². The third-order valence-corrected chi connectivity index (χ3v) is 6.66. The Balaban J connectivity index is 1.47. The molecule has 0 saturated carbocycles. The lowest BCUT2D eigenvalue weighted by Crippen LogP contribution is -2.49. The maximum absolute atomic E-state index is 13.8. The fourth-order valence-corrected chi connectivity index (χ4v) is 4.64. The van der Waals surface area contributed by atoms with Crippen molar-refractivity contribution in [2.24, 2.45) is 0 Å². The third kappa shape index (κ3) is 5.53. The number of likely N-dealkylation sites (N-methyl/N-ethyl adjacent to an activating group) is 1. The molecule has 34 heavy (non-hydrogen) atoms. The van der Waals surface area contributed by atoms with Crippen LogP contribution in [0.15, 0.2) is 36.4 Å². The van der Waals surface area contributed by atoms with Gasteiger partial charge in [-0.3, -0.25) is 14.5 Å². The van der Waals surface area contributed by atoms with E-state index in [1.54, 1.807) is 0 Å². The summed E-state index contributed by atoms with van der Waals surface area (Å²) in [7, 11) is 4.18. The number of carbonyl (C=O) groups excluding carboxylic acids is 2. The number of hydrogen-bond acceptors (Lipinski definition) is 5. The molecule has 0 aliphatic carbocycles. The Hall–Kier alpha value is -3.04.